The number of nitrogens with zero attached hydrogens (tertiary/aromatic N) is 2. The molecule has 0 saturated carbocycles. The zero-order valence-corrected chi connectivity index (χ0v) is 17.9. The lowest BCUT2D eigenvalue weighted by atomic mass is 9.76. The van der Waals surface area contributed by atoms with Crippen molar-refractivity contribution in [3.8, 4) is 0 Å². The first-order valence-electron chi connectivity index (χ1n) is 10.3. The van der Waals surface area contributed by atoms with Gasteiger partial charge in [-0.25, -0.2) is 9.97 Å². The molecule has 2 aromatic rings. The first-order valence-corrected chi connectivity index (χ1v) is 10.3. The average Bonchev–Trinajstić information content (AvgIpc) is 2.77. The maximum absolute atomic E-state index is 12.9. The van der Waals surface area contributed by atoms with Gasteiger partial charge in [-0.3, -0.25) is 4.79 Å². The zero-order valence-electron chi connectivity index (χ0n) is 17.9. The summed E-state index contributed by atoms with van der Waals surface area (Å²) >= 11 is 0. The Labute approximate surface area is 188 Å². The van der Waals surface area contributed by atoms with Crippen molar-refractivity contribution in [2.45, 2.75) is 32.4 Å². The highest BCUT2D eigenvalue weighted by molar-refractivity contribution is 5.84. The summed E-state index contributed by atoms with van der Waals surface area (Å²) in [5.41, 5.74) is -0.442. The van der Waals surface area contributed by atoms with E-state index in [4.69, 9.17) is 9.84 Å². The van der Waals surface area contributed by atoms with Crippen molar-refractivity contribution in [2.75, 3.05) is 18.5 Å². The minimum absolute atomic E-state index is 0.0403. The summed E-state index contributed by atoms with van der Waals surface area (Å²) in [7, 11) is 0. The molecule has 0 bridgehead atoms. The van der Waals surface area contributed by atoms with Crippen molar-refractivity contribution in [1.82, 2.24) is 9.97 Å². The standard InChI is InChI=1S/C23H24F3N3O4/c1-22(20(31)32)14-16(7-8-19(22)33-12-3-2-11-30)15-5-4-6-17(13-15)28-21-27-10-9-18(29-21)23(24,25)26/h4-10,13,30H,2-3,11-12,14H2,1H3,(H,31,32)(H,27,28,29). The lowest BCUT2D eigenvalue weighted by Gasteiger charge is -2.31. The number of aliphatic carboxylic acids is 1. The molecule has 176 valence electrons. The number of hydrogen-bond donors (Lipinski definition) is 3. The molecule has 1 aromatic heterocycles. The summed E-state index contributed by atoms with van der Waals surface area (Å²) in [6.45, 7) is 1.92. The number of unbranched alkanes of at least 4 members (excludes halogenated alkanes) is 1. The monoisotopic (exact) mass is 463 g/mol. The van der Waals surface area contributed by atoms with E-state index in [-0.39, 0.29) is 19.0 Å². The Balaban J connectivity index is 1.82. The molecule has 1 aliphatic carbocycles. The quantitative estimate of drug-likeness (QED) is 0.459. The van der Waals surface area contributed by atoms with E-state index in [0.29, 0.717) is 36.5 Å². The van der Waals surface area contributed by atoms with Crippen LogP contribution in [0.2, 0.25) is 0 Å². The van der Waals surface area contributed by atoms with E-state index >= 15 is 0 Å². The molecule has 0 spiro atoms. The Morgan fingerprint density at radius 2 is 2.03 bits per heavy atom. The molecule has 3 N–H and O–H groups in total. The van der Waals surface area contributed by atoms with Gasteiger partial charge < -0.3 is 20.3 Å². The number of halogens is 3. The first kappa shape index (κ1) is 24.2. The minimum Gasteiger partial charge on any atom is -0.497 e. The molecule has 3 rings (SSSR count). The van der Waals surface area contributed by atoms with Crippen molar-refractivity contribution in [1.29, 1.82) is 0 Å². The van der Waals surface area contributed by atoms with Crippen LogP contribution in [-0.2, 0) is 15.7 Å². The maximum Gasteiger partial charge on any atom is 0.433 e. The van der Waals surface area contributed by atoms with Gasteiger partial charge in [0.1, 0.15) is 16.9 Å². The molecule has 10 heteroatoms. The molecule has 1 atom stereocenters. The third-order valence-electron chi connectivity index (χ3n) is 5.24. The van der Waals surface area contributed by atoms with Crippen molar-refractivity contribution < 1.29 is 32.9 Å². The molecule has 0 aliphatic heterocycles. The molecule has 0 saturated heterocycles. The fourth-order valence-electron chi connectivity index (χ4n) is 3.37. The van der Waals surface area contributed by atoms with E-state index in [0.717, 1.165) is 17.8 Å². The van der Waals surface area contributed by atoms with E-state index < -0.39 is 23.3 Å². The zero-order chi connectivity index (χ0) is 24.1. The number of aliphatic hydroxyl groups is 1. The average molecular weight is 463 g/mol. The summed E-state index contributed by atoms with van der Waals surface area (Å²) in [6, 6.07) is 7.62. The van der Waals surface area contributed by atoms with Crippen molar-refractivity contribution in [3.63, 3.8) is 0 Å². The number of carbonyl (C=O) groups is 1. The van der Waals surface area contributed by atoms with Crippen LogP contribution in [0.25, 0.3) is 5.57 Å². The predicted octanol–water partition coefficient (Wildman–Crippen LogP) is 4.79. The van der Waals surface area contributed by atoms with Crippen LogP contribution in [0.5, 0.6) is 0 Å². The van der Waals surface area contributed by atoms with E-state index in [1.54, 1.807) is 43.3 Å². The molecule has 0 fully saturated rings. The highest BCUT2D eigenvalue weighted by Gasteiger charge is 2.41. The number of aromatic nitrogens is 2. The smallest absolute Gasteiger partial charge is 0.433 e. The van der Waals surface area contributed by atoms with Crippen LogP contribution in [0.4, 0.5) is 24.8 Å². The first-order chi connectivity index (χ1) is 15.6. The third kappa shape index (κ3) is 5.89. The van der Waals surface area contributed by atoms with Gasteiger partial charge in [0, 0.05) is 18.5 Å². The van der Waals surface area contributed by atoms with Gasteiger partial charge in [0.15, 0.2) is 0 Å². The van der Waals surface area contributed by atoms with Crippen LogP contribution in [-0.4, -0.2) is 39.4 Å². The van der Waals surface area contributed by atoms with Gasteiger partial charge in [0.25, 0.3) is 0 Å². The third-order valence-corrected chi connectivity index (χ3v) is 5.24. The number of carboxylic acids is 1. The Morgan fingerprint density at radius 3 is 2.73 bits per heavy atom. The van der Waals surface area contributed by atoms with Crippen molar-refractivity contribution in [3.05, 3.63) is 65.7 Å². The Bertz CT molecular complexity index is 1070. The van der Waals surface area contributed by atoms with Gasteiger partial charge >= 0.3 is 12.1 Å². The number of alkyl halides is 3. The fourth-order valence-corrected chi connectivity index (χ4v) is 3.37. The number of carboxylic acid groups (broad SMARTS) is 1. The number of rotatable bonds is 9. The second-order valence-electron chi connectivity index (χ2n) is 7.79. The Kier molecular flexibility index (Phi) is 7.37. The Morgan fingerprint density at radius 1 is 1.24 bits per heavy atom. The highest BCUT2D eigenvalue weighted by Crippen LogP contribution is 2.42. The summed E-state index contributed by atoms with van der Waals surface area (Å²) in [5, 5.41) is 21.5. The molecule has 0 amide bonds. The highest BCUT2D eigenvalue weighted by atomic mass is 19.4. The number of anilines is 2. The van der Waals surface area contributed by atoms with Gasteiger partial charge in [0.2, 0.25) is 5.95 Å². The molecule has 0 radical (unpaired) electrons. The molecule has 1 aliphatic rings. The van der Waals surface area contributed by atoms with Gasteiger partial charge in [0.05, 0.1) is 6.61 Å². The molecule has 1 unspecified atom stereocenters. The second kappa shape index (κ2) is 10.0. The molecular formula is C23H24F3N3O4. The molecule has 1 aromatic carbocycles. The van der Waals surface area contributed by atoms with Crippen LogP contribution in [0.3, 0.4) is 0 Å². The minimum atomic E-state index is -4.58. The fraction of sp³-hybridized carbons (Fsp3) is 0.348. The van der Waals surface area contributed by atoms with Gasteiger partial charge in [-0.15, -0.1) is 0 Å². The van der Waals surface area contributed by atoms with Crippen LogP contribution in [0, 0.1) is 5.41 Å². The Hall–Kier alpha value is -3.40. The molecule has 33 heavy (non-hydrogen) atoms. The number of hydrogen-bond acceptors (Lipinski definition) is 6. The van der Waals surface area contributed by atoms with Gasteiger partial charge in [-0.05, 0) is 61.6 Å². The normalized spacial score (nSPS) is 18.3. The topological polar surface area (TPSA) is 105 Å². The summed E-state index contributed by atoms with van der Waals surface area (Å²) < 4.78 is 44.4. The SMILES string of the molecule is CC1(C(=O)O)CC(c2cccc(Nc3nccc(C(F)(F)F)n3)c2)=CC=C1OCCCCO. The summed E-state index contributed by atoms with van der Waals surface area (Å²) in [5.74, 6) is -0.898. The molecule has 7 nitrogen and oxygen atoms in total. The number of allylic oxidation sites excluding steroid dienone is 3. The van der Waals surface area contributed by atoms with Gasteiger partial charge in [-0.2, -0.15) is 13.2 Å². The van der Waals surface area contributed by atoms with Crippen molar-refractivity contribution >= 4 is 23.2 Å². The van der Waals surface area contributed by atoms with Crippen LogP contribution < -0.4 is 5.32 Å². The number of aliphatic hydroxyl groups excluding tert-OH is 1. The van der Waals surface area contributed by atoms with Crippen LogP contribution >= 0.6 is 0 Å². The van der Waals surface area contributed by atoms with Crippen molar-refractivity contribution in [2.24, 2.45) is 5.41 Å². The molecular weight excluding hydrogens is 439 g/mol. The second-order valence-corrected chi connectivity index (χ2v) is 7.79. The number of nitrogens with one attached hydrogen (secondary N) is 1. The van der Waals surface area contributed by atoms with E-state index in [1.807, 2.05) is 0 Å². The lowest BCUT2D eigenvalue weighted by molar-refractivity contribution is -0.147. The van der Waals surface area contributed by atoms with E-state index in [1.165, 1.54) is 0 Å². The molecule has 1 heterocycles. The maximum atomic E-state index is 12.9. The largest absolute Gasteiger partial charge is 0.497 e. The van der Waals surface area contributed by atoms with Crippen LogP contribution in [0.15, 0.2) is 54.4 Å². The number of ether oxygens (including phenoxy) is 1. The lowest BCUT2D eigenvalue weighted by Crippen LogP contribution is -2.33. The number of benzene rings is 1. The van der Waals surface area contributed by atoms with E-state index in [9.17, 15) is 23.1 Å². The summed E-state index contributed by atoms with van der Waals surface area (Å²) in [4.78, 5) is 19.4. The van der Waals surface area contributed by atoms with Crippen LogP contribution in [0.1, 0.15) is 37.4 Å². The summed E-state index contributed by atoms with van der Waals surface area (Å²) in [6.07, 6.45) is 1.17. The van der Waals surface area contributed by atoms with E-state index in [2.05, 4.69) is 15.3 Å². The predicted molar refractivity (Wildman–Crippen MR) is 115 cm³/mol. The van der Waals surface area contributed by atoms with Gasteiger partial charge in [-0.1, -0.05) is 18.2 Å².